The largest absolute Gasteiger partial charge is 0.333 e. The third-order valence-electron chi connectivity index (χ3n) is 19.3. The fourth-order valence-corrected chi connectivity index (χ4v) is 16.5. The van der Waals surface area contributed by atoms with Gasteiger partial charge in [0.1, 0.15) is 0 Å². The lowest BCUT2D eigenvalue weighted by atomic mass is 9.33. The molecule has 10 aromatic rings. The highest BCUT2D eigenvalue weighted by atomic mass is 32.2. The molecule has 0 bridgehead atoms. The Balaban J connectivity index is 1.06. The van der Waals surface area contributed by atoms with E-state index in [2.05, 4.69) is 316 Å². The summed E-state index contributed by atoms with van der Waals surface area (Å²) in [5, 5.41) is 1.46. The number of hydrogen-bond donors (Lipinski definition) is 0. The predicted molar refractivity (Wildman–Crippen MR) is 356 cm³/mol. The highest BCUT2D eigenvalue weighted by molar-refractivity contribution is 8.00. The molecule has 0 N–H and O–H groups in total. The molecule has 6 heteroatoms. The predicted octanol–water partition coefficient (Wildman–Crippen LogP) is 19.2. The highest BCUT2D eigenvalue weighted by Crippen LogP contribution is 2.68. The van der Waals surface area contributed by atoms with E-state index in [9.17, 15) is 0 Å². The zero-order valence-corrected chi connectivity index (χ0v) is 51.6. The first-order valence-electron chi connectivity index (χ1n) is 30.2. The van der Waals surface area contributed by atoms with Gasteiger partial charge in [-0.05, 0) is 150 Å². The van der Waals surface area contributed by atoms with Gasteiger partial charge in [0.05, 0.1) is 28.4 Å². The number of thioether (sulfide) groups is 1. The Kier molecular flexibility index (Phi) is 11.1. The molecular formula is C77H75BN4S. The van der Waals surface area contributed by atoms with Crippen LogP contribution in [0.3, 0.4) is 0 Å². The summed E-state index contributed by atoms with van der Waals surface area (Å²) in [7, 11) is 0. The minimum atomic E-state index is -0.209. The SMILES string of the molecule is CC(C)(C)c1ccc(N(c2ccc(C(C)(C)C)cc2)c2cc3c4c(c2)-n2c5c(c6cccc(c62)B4c2ccc(N(c4ccc(C(C)(C)C)cc4)c4ccc(C(C)(C)C)cc4)c4c2N3C2c3ccccc3SC42)C(C)(C)c2ccccc2-5)cc1. The van der Waals surface area contributed by atoms with E-state index in [4.69, 9.17) is 0 Å². The first-order chi connectivity index (χ1) is 39.5. The summed E-state index contributed by atoms with van der Waals surface area (Å²) in [4.78, 5) is 9.33. The first-order valence-corrected chi connectivity index (χ1v) is 31.1. The minimum absolute atomic E-state index is 0.00746. The van der Waals surface area contributed by atoms with E-state index in [-0.39, 0.29) is 45.1 Å². The molecule has 1 aliphatic carbocycles. The number of anilines is 8. The van der Waals surface area contributed by atoms with Gasteiger partial charge in [0.15, 0.2) is 0 Å². The van der Waals surface area contributed by atoms with Crippen molar-refractivity contribution in [2.75, 3.05) is 14.7 Å². The van der Waals surface area contributed by atoms with Crippen molar-refractivity contribution in [3.8, 4) is 16.9 Å². The van der Waals surface area contributed by atoms with Gasteiger partial charge in [0, 0.05) is 72.2 Å². The van der Waals surface area contributed by atoms with Gasteiger partial charge in [-0.3, -0.25) is 0 Å². The van der Waals surface area contributed by atoms with Crippen LogP contribution in [-0.2, 0) is 27.1 Å². The van der Waals surface area contributed by atoms with Crippen molar-refractivity contribution in [2.45, 2.75) is 140 Å². The Labute approximate surface area is 497 Å². The second-order valence-electron chi connectivity index (χ2n) is 29.0. The summed E-state index contributed by atoms with van der Waals surface area (Å²) >= 11 is 2.06. The lowest BCUT2D eigenvalue weighted by Gasteiger charge is -2.42. The van der Waals surface area contributed by atoms with Gasteiger partial charge in [-0.25, -0.2) is 0 Å². The summed E-state index contributed by atoms with van der Waals surface area (Å²) in [5.41, 5.74) is 29.8. The molecule has 5 aliphatic rings. The summed E-state index contributed by atoms with van der Waals surface area (Å²) in [5.74, 6) is 0. The Bertz CT molecular complexity index is 4190. The molecule has 1 aromatic heterocycles. The van der Waals surface area contributed by atoms with Crippen LogP contribution >= 0.6 is 11.8 Å². The molecule has 0 radical (unpaired) electrons. The van der Waals surface area contributed by atoms with Crippen molar-refractivity contribution in [1.29, 1.82) is 0 Å². The standard InChI is InChI=1S/C77H75BN4S/c1-73(2,3)46-26-34-50(35-27-46)79(51-36-28-47(29-37-51)74(4,5)6)54-44-62-67-63(45-54)82-70-56-21-16-18-25-64(56)83-72(70)65-61(80(52-38-30-48(31-39-52)75(7,8)9)53-40-32-49(33-41-53)76(10,11)12)43-42-60(71(65)82)78(67)59-24-19-22-57-66-69(81(62)68(57)59)55-20-15-17-23-58(55)77(66,13)14/h15-45,70,72H,1-14H3. The van der Waals surface area contributed by atoms with Gasteiger partial charge in [-0.2, -0.15) is 0 Å². The van der Waals surface area contributed by atoms with Crippen LogP contribution in [0.15, 0.2) is 193 Å². The van der Waals surface area contributed by atoms with Crippen molar-refractivity contribution in [3.05, 3.63) is 233 Å². The summed E-state index contributed by atoms with van der Waals surface area (Å²) in [6, 6.07) is 73.7. The topological polar surface area (TPSA) is 14.7 Å². The van der Waals surface area contributed by atoms with E-state index in [1.165, 1.54) is 111 Å². The molecule has 0 amide bonds. The molecule has 9 aromatic carbocycles. The van der Waals surface area contributed by atoms with Crippen LogP contribution in [0.4, 0.5) is 45.5 Å². The molecule has 5 heterocycles. The molecule has 0 saturated heterocycles. The summed E-state index contributed by atoms with van der Waals surface area (Å²) < 4.78 is 2.73. The monoisotopic (exact) mass is 1100 g/mol. The van der Waals surface area contributed by atoms with Gasteiger partial charge in [-0.15, -0.1) is 11.8 Å². The van der Waals surface area contributed by atoms with Gasteiger partial charge in [0.2, 0.25) is 0 Å². The molecule has 15 rings (SSSR count). The molecule has 0 fully saturated rings. The van der Waals surface area contributed by atoms with Crippen LogP contribution in [0, 0.1) is 0 Å². The fourth-order valence-electron chi connectivity index (χ4n) is 15.0. The zero-order valence-electron chi connectivity index (χ0n) is 50.8. The second-order valence-corrected chi connectivity index (χ2v) is 30.2. The number of nitrogens with zero attached hydrogens (tertiary/aromatic N) is 4. The van der Waals surface area contributed by atoms with Gasteiger partial charge >= 0.3 is 0 Å². The third kappa shape index (κ3) is 7.66. The van der Waals surface area contributed by atoms with E-state index < -0.39 is 0 Å². The number of fused-ring (bicyclic) bond motifs is 14. The maximum atomic E-state index is 2.84. The first kappa shape index (κ1) is 52.2. The van der Waals surface area contributed by atoms with E-state index in [0.717, 1.165) is 28.4 Å². The van der Waals surface area contributed by atoms with Crippen LogP contribution in [0.1, 0.15) is 153 Å². The van der Waals surface area contributed by atoms with Gasteiger partial charge < -0.3 is 19.3 Å². The molecule has 412 valence electrons. The summed E-state index contributed by atoms with van der Waals surface area (Å²) in [6.45, 7) is 32.6. The normalized spacial score (nSPS) is 16.8. The van der Waals surface area contributed by atoms with Crippen LogP contribution in [0.5, 0.6) is 0 Å². The molecule has 0 spiro atoms. The number of benzene rings is 9. The average molecular weight is 1100 g/mol. The molecule has 83 heavy (non-hydrogen) atoms. The van der Waals surface area contributed by atoms with E-state index in [1.54, 1.807) is 0 Å². The quantitative estimate of drug-likeness (QED) is 0.154. The zero-order chi connectivity index (χ0) is 57.6. The Hall–Kier alpha value is -7.67. The molecule has 4 aliphatic heterocycles. The van der Waals surface area contributed by atoms with Crippen LogP contribution in [0.2, 0.25) is 0 Å². The maximum absolute atomic E-state index is 2.84. The Morgan fingerprint density at radius 1 is 0.482 bits per heavy atom. The molecular weight excluding hydrogens is 1020 g/mol. The van der Waals surface area contributed by atoms with Crippen molar-refractivity contribution in [3.63, 3.8) is 0 Å². The average Bonchev–Trinajstić information content (AvgIpc) is 1.57. The molecule has 4 nitrogen and oxygen atoms in total. The molecule has 2 atom stereocenters. The lowest BCUT2D eigenvalue weighted by Crippen LogP contribution is -2.60. The van der Waals surface area contributed by atoms with Gasteiger partial charge in [0.25, 0.3) is 6.71 Å². The lowest BCUT2D eigenvalue weighted by molar-refractivity contribution is 0.590. The number of hydrogen-bond acceptors (Lipinski definition) is 4. The minimum Gasteiger partial charge on any atom is -0.333 e. The number of rotatable bonds is 6. The van der Waals surface area contributed by atoms with Crippen LogP contribution < -0.4 is 31.1 Å². The van der Waals surface area contributed by atoms with Crippen LogP contribution in [0.25, 0.3) is 27.8 Å². The van der Waals surface area contributed by atoms with Crippen molar-refractivity contribution in [1.82, 2.24) is 4.57 Å². The Morgan fingerprint density at radius 2 is 0.988 bits per heavy atom. The number of aromatic nitrogens is 1. The second kappa shape index (κ2) is 17.7. The van der Waals surface area contributed by atoms with E-state index in [1.807, 2.05) is 0 Å². The van der Waals surface area contributed by atoms with Crippen molar-refractivity contribution in [2.24, 2.45) is 0 Å². The fraction of sp³-hybridized carbons (Fsp3) is 0.273. The third-order valence-corrected chi connectivity index (χ3v) is 20.7. The van der Waals surface area contributed by atoms with E-state index in [0.29, 0.717) is 0 Å². The Morgan fingerprint density at radius 3 is 1.54 bits per heavy atom. The maximum Gasteiger partial charge on any atom is 0.252 e. The summed E-state index contributed by atoms with van der Waals surface area (Å²) in [6.07, 6.45) is 0. The van der Waals surface area contributed by atoms with Crippen LogP contribution in [-0.4, -0.2) is 11.3 Å². The van der Waals surface area contributed by atoms with Crippen molar-refractivity contribution >= 4 is 91.3 Å². The molecule has 0 saturated carbocycles. The number of para-hydroxylation sites is 1. The van der Waals surface area contributed by atoms with Crippen molar-refractivity contribution < 1.29 is 0 Å². The smallest absolute Gasteiger partial charge is 0.252 e. The highest BCUT2D eigenvalue weighted by Gasteiger charge is 2.55. The van der Waals surface area contributed by atoms with E-state index >= 15 is 0 Å². The van der Waals surface area contributed by atoms with Gasteiger partial charge in [-0.1, -0.05) is 212 Å². The molecule has 2 unspecified atom stereocenters.